The second-order valence-electron chi connectivity index (χ2n) is 5.15. The van der Waals surface area contributed by atoms with Crippen molar-refractivity contribution >= 4 is 0 Å². The Labute approximate surface area is 116 Å². The monoisotopic (exact) mass is 249 g/mol. The second-order valence-corrected chi connectivity index (χ2v) is 5.15. The molecule has 0 rings (SSSR count). The van der Waals surface area contributed by atoms with Crippen molar-refractivity contribution in [2.45, 2.75) is 84.0 Å². The summed E-state index contributed by atoms with van der Waals surface area (Å²) in [6, 6.07) is 0. The second kappa shape index (κ2) is 16.5. The maximum Gasteiger partial charge on any atom is -0.0348 e. The first kappa shape index (κ1) is 17.5. The average molecular weight is 249 g/mol. The van der Waals surface area contributed by atoms with Crippen molar-refractivity contribution in [3.05, 3.63) is 31.2 Å². The highest BCUT2D eigenvalue weighted by atomic mass is 14.0. The Hall–Kier alpha value is -0.520. The highest BCUT2D eigenvalue weighted by Crippen LogP contribution is 2.11. The third-order valence-corrected chi connectivity index (χ3v) is 3.31. The number of rotatable bonds is 14. The number of allylic oxidation sites excluding steroid dienone is 3. The zero-order chi connectivity index (χ0) is 13.3. The van der Waals surface area contributed by atoms with Gasteiger partial charge in [0.05, 0.1) is 0 Å². The molecule has 0 N–H and O–H groups in total. The van der Waals surface area contributed by atoms with Crippen LogP contribution in [0.4, 0.5) is 0 Å². The largest absolute Gasteiger partial charge is 0.0991 e. The first-order valence-corrected chi connectivity index (χ1v) is 8.01. The summed E-state index contributed by atoms with van der Waals surface area (Å²) in [6.07, 6.45) is 25.1. The third kappa shape index (κ3) is 15.5. The Morgan fingerprint density at radius 1 is 0.722 bits per heavy atom. The summed E-state index contributed by atoms with van der Waals surface area (Å²) in [4.78, 5) is 0. The van der Waals surface area contributed by atoms with Crippen LogP contribution in [-0.4, -0.2) is 0 Å². The van der Waals surface area contributed by atoms with E-state index in [-0.39, 0.29) is 0 Å². The van der Waals surface area contributed by atoms with E-state index in [1.54, 1.807) is 0 Å². The van der Waals surface area contributed by atoms with Gasteiger partial charge in [-0.15, -0.1) is 0 Å². The van der Waals surface area contributed by atoms with Crippen LogP contribution < -0.4 is 0 Å². The van der Waals surface area contributed by atoms with Gasteiger partial charge in [0.1, 0.15) is 0 Å². The molecule has 0 amide bonds. The van der Waals surface area contributed by atoms with E-state index in [9.17, 15) is 0 Å². The molecule has 1 radical (unpaired) electrons. The Bertz CT molecular complexity index is 178. The van der Waals surface area contributed by atoms with Gasteiger partial charge in [0.25, 0.3) is 0 Å². The van der Waals surface area contributed by atoms with E-state index >= 15 is 0 Å². The molecule has 0 aromatic rings. The highest BCUT2D eigenvalue weighted by Gasteiger charge is 1.92. The number of hydrogen-bond donors (Lipinski definition) is 0. The van der Waals surface area contributed by atoms with Gasteiger partial charge in [-0.1, -0.05) is 95.9 Å². The van der Waals surface area contributed by atoms with Crippen molar-refractivity contribution in [2.24, 2.45) is 0 Å². The zero-order valence-corrected chi connectivity index (χ0v) is 12.5. The van der Waals surface area contributed by atoms with Gasteiger partial charge < -0.3 is 0 Å². The molecular formula is C18H33. The van der Waals surface area contributed by atoms with Crippen molar-refractivity contribution < 1.29 is 0 Å². The molecule has 0 saturated heterocycles. The van der Waals surface area contributed by atoms with E-state index in [2.05, 4.69) is 26.0 Å². The Morgan fingerprint density at radius 3 is 1.89 bits per heavy atom. The van der Waals surface area contributed by atoms with Crippen LogP contribution in [0.2, 0.25) is 0 Å². The van der Waals surface area contributed by atoms with E-state index in [4.69, 9.17) is 0 Å². The van der Waals surface area contributed by atoms with Crippen LogP contribution in [0.5, 0.6) is 0 Å². The van der Waals surface area contributed by atoms with Crippen LogP contribution in [0, 0.1) is 6.42 Å². The van der Waals surface area contributed by atoms with Crippen molar-refractivity contribution in [3.8, 4) is 0 Å². The molecule has 0 aromatic carbocycles. The van der Waals surface area contributed by atoms with Gasteiger partial charge in [0.15, 0.2) is 0 Å². The van der Waals surface area contributed by atoms with Gasteiger partial charge in [0.2, 0.25) is 0 Å². The molecule has 0 aliphatic heterocycles. The lowest BCUT2D eigenvalue weighted by atomic mass is 10.0. The summed E-state index contributed by atoms with van der Waals surface area (Å²) < 4.78 is 0. The maximum absolute atomic E-state index is 3.67. The van der Waals surface area contributed by atoms with Crippen molar-refractivity contribution in [2.75, 3.05) is 0 Å². The summed E-state index contributed by atoms with van der Waals surface area (Å²) in [5.74, 6) is 0. The molecule has 105 valence electrons. The Kier molecular flexibility index (Phi) is 16.0. The van der Waals surface area contributed by atoms with Crippen molar-refractivity contribution in [3.63, 3.8) is 0 Å². The number of hydrogen-bond acceptors (Lipinski definition) is 0. The van der Waals surface area contributed by atoms with Crippen LogP contribution in [0.25, 0.3) is 0 Å². The minimum absolute atomic E-state index is 1.22. The first-order chi connectivity index (χ1) is 8.91. The SMILES string of the molecule is C=C/C=C/CCCCCCC[CH]CCCCCC. The van der Waals surface area contributed by atoms with E-state index in [0.29, 0.717) is 0 Å². The van der Waals surface area contributed by atoms with Gasteiger partial charge in [-0.05, 0) is 19.3 Å². The summed E-state index contributed by atoms with van der Waals surface area (Å²) in [7, 11) is 0. The minimum Gasteiger partial charge on any atom is -0.0991 e. The smallest absolute Gasteiger partial charge is 0.0348 e. The Morgan fingerprint density at radius 2 is 1.28 bits per heavy atom. The van der Waals surface area contributed by atoms with Gasteiger partial charge in [-0.2, -0.15) is 0 Å². The van der Waals surface area contributed by atoms with Crippen molar-refractivity contribution in [1.29, 1.82) is 0 Å². The van der Waals surface area contributed by atoms with Crippen LogP contribution in [0.1, 0.15) is 84.0 Å². The summed E-state index contributed by atoms with van der Waals surface area (Å²) >= 11 is 0. The fraction of sp³-hybridized carbons (Fsp3) is 0.722. The molecule has 0 atom stereocenters. The highest BCUT2D eigenvalue weighted by molar-refractivity contribution is 4.96. The van der Waals surface area contributed by atoms with E-state index in [0.717, 1.165) is 0 Å². The molecule has 0 heterocycles. The van der Waals surface area contributed by atoms with Crippen LogP contribution >= 0.6 is 0 Å². The normalized spacial score (nSPS) is 11.2. The van der Waals surface area contributed by atoms with Crippen LogP contribution in [0.3, 0.4) is 0 Å². The predicted molar refractivity (Wildman–Crippen MR) is 84.7 cm³/mol. The predicted octanol–water partition coefficient (Wildman–Crippen LogP) is 6.63. The molecule has 0 saturated carbocycles. The van der Waals surface area contributed by atoms with E-state index in [1.165, 1.54) is 77.0 Å². The van der Waals surface area contributed by atoms with Gasteiger partial charge >= 0.3 is 0 Å². The fourth-order valence-electron chi connectivity index (χ4n) is 2.13. The summed E-state index contributed by atoms with van der Waals surface area (Å²) in [5.41, 5.74) is 0. The molecule has 0 nitrogen and oxygen atoms in total. The maximum atomic E-state index is 3.67. The Balaban J connectivity index is 2.94. The van der Waals surface area contributed by atoms with E-state index < -0.39 is 0 Å². The molecule has 0 aliphatic rings. The lowest BCUT2D eigenvalue weighted by Crippen LogP contribution is -1.83. The molecule has 0 aromatic heterocycles. The number of unbranched alkanes of at least 4 members (excludes halogenated alkanes) is 12. The van der Waals surface area contributed by atoms with Gasteiger partial charge in [0, 0.05) is 0 Å². The van der Waals surface area contributed by atoms with Crippen LogP contribution in [-0.2, 0) is 0 Å². The van der Waals surface area contributed by atoms with Crippen LogP contribution in [0.15, 0.2) is 24.8 Å². The fourth-order valence-corrected chi connectivity index (χ4v) is 2.13. The topological polar surface area (TPSA) is 0 Å². The standard InChI is InChI=1S/C18H33/c1-3-5-7-9-11-13-15-17-18-16-14-12-10-8-6-4-2/h3,5,7,14H,1,4,6,8-13,15-18H2,2H3/b7-5+. The molecule has 18 heavy (non-hydrogen) atoms. The molecule has 0 fully saturated rings. The molecule has 0 spiro atoms. The molecule has 0 unspecified atom stereocenters. The molecule has 0 heteroatoms. The average Bonchev–Trinajstić information content (AvgIpc) is 2.39. The van der Waals surface area contributed by atoms with Gasteiger partial charge in [-0.25, -0.2) is 0 Å². The minimum atomic E-state index is 1.22. The summed E-state index contributed by atoms with van der Waals surface area (Å²) in [5, 5.41) is 0. The molecule has 0 aliphatic carbocycles. The quantitative estimate of drug-likeness (QED) is 0.239. The molecule has 0 bridgehead atoms. The lowest BCUT2D eigenvalue weighted by molar-refractivity contribution is 0.598. The summed E-state index contributed by atoms with van der Waals surface area (Å²) in [6.45, 7) is 5.94. The third-order valence-electron chi connectivity index (χ3n) is 3.31. The molecular weight excluding hydrogens is 216 g/mol. The van der Waals surface area contributed by atoms with E-state index in [1.807, 2.05) is 12.2 Å². The van der Waals surface area contributed by atoms with Crippen molar-refractivity contribution in [1.82, 2.24) is 0 Å². The zero-order valence-electron chi connectivity index (χ0n) is 12.5. The lowest BCUT2D eigenvalue weighted by Gasteiger charge is -2.01. The first-order valence-electron chi connectivity index (χ1n) is 8.01. The van der Waals surface area contributed by atoms with Gasteiger partial charge in [-0.3, -0.25) is 0 Å².